The molecule has 0 spiro atoms. The lowest BCUT2D eigenvalue weighted by Gasteiger charge is -2.27. The van der Waals surface area contributed by atoms with E-state index in [2.05, 4.69) is 0 Å². The minimum absolute atomic E-state index is 0.226. The normalized spacial score (nSPS) is 27.9. The molecule has 3 N–H and O–H groups in total. The summed E-state index contributed by atoms with van der Waals surface area (Å²) in [4.78, 5) is 0. The third-order valence-electron chi connectivity index (χ3n) is 1.80. The molecular weight excluding hydrogens is 134 g/mol. The van der Waals surface area contributed by atoms with Crippen LogP contribution in [0.15, 0.2) is 0 Å². The maximum absolute atomic E-state index is 9.05. The van der Waals surface area contributed by atoms with E-state index in [1.54, 1.807) is 0 Å². The molecule has 1 fully saturated rings. The molecule has 0 radical (unpaired) electrons. The Labute approximate surface area is 59.7 Å². The number of aliphatic hydroxyl groups is 2. The van der Waals surface area contributed by atoms with E-state index in [0.29, 0.717) is 11.6 Å². The highest BCUT2D eigenvalue weighted by molar-refractivity contribution is 4.65. The summed E-state index contributed by atoms with van der Waals surface area (Å²) in [5.41, 5.74) is 0. The second kappa shape index (κ2) is 2.84. The molecule has 0 amide bonds. The summed E-state index contributed by atoms with van der Waals surface area (Å²) in [6, 6.07) is 0. The van der Waals surface area contributed by atoms with Crippen LogP contribution in [-0.2, 0) is 0 Å². The molecule has 1 saturated heterocycles. The smallest absolute Gasteiger partial charge is 0.246 e. The number of rotatable bonds is 0. The summed E-state index contributed by atoms with van der Waals surface area (Å²) in [6.45, 7) is 0.340. The molecule has 0 atom stereocenters. The lowest BCUT2D eigenvalue weighted by atomic mass is 10.2. The van der Waals surface area contributed by atoms with Crippen LogP contribution in [0.3, 0.4) is 0 Å². The second-order valence-electron chi connectivity index (χ2n) is 2.71. The van der Waals surface area contributed by atoms with E-state index in [1.165, 1.54) is 0 Å². The van der Waals surface area contributed by atoms with Gasteiger partial charge in [-0.3, -0.25) is 0 Å². The molecule has 0 aromatic heterocycles. The molecule has 0 saturated carbocycles. The van der Waals surface area contributed by atoms with Crippen LogP contribution in [-0.4, -0.2) is 32.9 Å². The van der Waals surface area contributed by atoms with Crippen LogP contribution in [0.4, 0.5) is 0 Å². The average Bonchev–Trinajstić information content (AvgIpc) is 1.96. The van der Waals surface area contributed by atoms with Crippen LogP contribution in [0, 0.1) is 0 Å². The van der Waals surface area contributed by atoms with Gasteiger partial charge in [-0.2, -0.15) is 0 Å². The van der Waals surface area contributed by atoms with Crippen LogP contribution < -0.4 is 0 Å². The number of nitrogens with zero attached hydrogens (tertiary/aromatic N) is 1. The van der Waals surface area contributed by atoms with Crippen molar-refractivity contribution in [3.63, 3.8) is 0 Å². The molecule has 1 rings (SSSR count). The van der Waals surface area contributed by atoms with Gasteiger partial charge in [0, 0.05) is 13.0 Å². The average molecular weight is 147 g/mol. The molecule has 0 aromatic rings. The first-order valence-electron chi connectivity index (χ1n) is 3.54. The van der Waals surface area contributed by atoms with Crippen molar-refractivity contribution in [2.75, 3.05) is 6.54 Å². The molecule has 4 nitrogen and oxygen atoms in total. The van der Waals surface area contributed by atoms with E-state index < -0.39 is 5.91 Å². The van der Waals surface area contributed by atoms with Gasteiger partial charge in [-0.05, 0) is 12.8 Å². The summed E-state index contributed by atoms with van der Waals surface area (Å²) >= 11 is 0. The molecule has 10 heavy (non-hydrogen) atoms. The van der Waals surface area contributed by atoms with Crippen molar-refractivity contribution in [2.45, 2.75) is 31.6 Å². The van der Waals surface area contributed by atoms with Gasteiger partial charge < -0.3 is 15.4 Å². The van der Waals surface area contributed by atoms with Crippen LogP contribution in [0.2, 0.25) is 0 Å². The van der Waals surface area contributed by atoms with E-state index in [9.17, 15) is 0 Å². The van der Waals surface area contributed by atoms with Gasteiger partial charge in [-0.15, -0.1) is 5.06 Å². The zero-order valence-corrected chi connectivity index (χ0v) is 5.82. The van der Waals surface area contributed by atoms with Crippen LogP contribution >= 0.6 is 0 Å². The Hall–Kier alpha value is -0.160. The zero-order valence-electron chi connectivity index (χ0n) is 5.82. The summed E-state index contributed by atoms with van der Waals surface area (Å²) in [7, 11) is 0. The highest BCUT2D eigenvalue weighted by Gasteiger charge is 2.31. The van der Waals surface area contributed by atoms with Gasteiger partial charge in [0.1, 0.15) is 0 Å². The summed E-state index contributed by atoms with van der Waals surface area (Å²) in [6.07, 6.45) is 2.74. The summed E-state index contributed by atoms with van der Waals surface area (Å²) in [5.74, 6) is -1.99. The Kier molecular flexibility index (Phi) is 2.25. The van der Waals surface area contributed by atoms with Gasteiger partial charge in [0.05, 0.1) is 0 Å². The van der Waals surface area contributed by atoms with Gasteiger partial charge in [-0.1, -0.05) is 6.42 Å². The molecule has 0 unspecified atom stereocenters. The maximum Gasteiger partial charge on any atom is 0.246 e. The summed E-state index contributed by atoms with van der Waals surface area (Å²) in [5, 5.41) is 27.7. The van der Waals surface area contributed by atoms with Crippen LogP contribution in [0.25, 0.3) is 0 Å². The predicted octanol–water partition coefficient (Wildman–Crippen LogP) is -0.110. The van der Waals surface area contributed by atoms with Crippen molar-refractivity contribution in [3.8, 4) is 0 Å². The SMILES string of the molecule is ON1CCCCCC1(O)O. The topological polar surface area (TPSA) is 63.9 Å². The van der Waals surface area contributed by atoms with Crippen LogP contribution in [0.1, 0.15) is 25.7 Å². The fraction of sp³-hybridized carbons (Fsp3) is 1.00. The third-order valence-corrected chi connectivity index (χ3v) is 1.80. The molecule has 1 heterocycles. The fourth-order valence-corrected chi connectivity index (χ4v) is 1.11. The van der Waals surface area contributed by atoms with E-state index in [-0.39, 0.29) is 6.42 Å². The minimum Gasteiger partial charge on any atom is -0.352 e. The molecule has 1 aliphatic heterocycles. The standard InChI is InChI=1S/C6H13NO3/c8-6(9)4-2-1-3-5-7(6)10/h8-10H,1-5H2. The Morgan fingerprint density at radius 1 is 1.10 bits per heavy atom. The zero-order chi connectivity index (χ0) is 7.61. The molecule has 0 aliphatic carbocycles. The molecular formula is C6H13NO3. The highest BCUT2D eigenvalue weighted by atomic mass is 16.6. The minimum atomic E-state index is -1.99. The second-order valence-corrected chi connectivity index (χ2v) is 2.71. The number of hydroxylamine groups is 2. The predicted molar refractivity (Wildman–Crippen MR) is 34.1 cm³/mol. The lowest BCUT2D eigenvalue weighted by molar-refractivity contribution is -0.360. The van der Waals surface area contributed by atoms with E-state index >= 15 is 0 Å². The highest BCUT2D eigenvalue weighted by Crippen LogP contribution is 2.19. The molecule has 0 aromatic carbocycles. The van der Waals surface area contributed by atoms with Crippen molar-refractivity contribution < 1.29 is 15.4 Å². The van der Waals surface area contributed by atoms with E-state index in [1.807, 2.05) is 0 Å². The molecule has 0 bridgehead atoms. The van der Waals surface area contributed by atoms with Crippen molar-refractivity contribution in [3.05, 3.63) is 0 Å². The number of hydrogen-bond acceptors (Lipinski definition) is 4. The number of hydrogen-bond donors (Lipinski definition) is 3. The van der Waals surface area contributed by atoms with Crippen LogP contribution in [0.5, 0.6) is 0 Å². The van der Waals surface area contributed by atoms with Gasteiger partial charge in [0.25, 0.3) is 0 Å². The summed E-state index contributed by atoms with van der Waals surface area (Å²) < 4.78 is 0. The fourth-order valence-electron chi connectivity index (χ4n) is 1.11. The Bertz CT molecular complexity index is 116. The first-order chi connectivity index (χ1) is 4.63. The van der Waals surface area contributed by atoms with Gasteiger partial charge in [-0.25, -0.2) is 0 Å². The van der Waals surface area contributed by atoms with Gasteiger partial charge >= 0.3 is 0 Å². The Morgan fingerprint density at radius 3 is 2.50 bits per heavy atom. The monoisotopic (exact) mass is 147 g/mol. The van der Waals surface area contributed by atoms with Crippen molar-refractivity contribution in [1.29, 1.82) is 0 Å². The van der Waals surface area contributed by atoms with Crippen molar-refractivity contribution >= 4 is 0 Å². The first-order valence-corrected chi connectivity index (χ1v) is 3.54. The largest absolute Gasteiger partial charge is 0.352 e. The third kappa shape index (κ3) is 1.67. The van der Waals surface area contributed by atoms with E-state index in [0.717, 1.165) is 19.3 Å². The Balaban J connectivity index is 2.52. The van der Waals surface area contributed by atoms with Crippen molar-refractivity contribution in [2.24, 2.45) is 0 Å². The van der Waals surface area contributed by atoms with E-state index in [4.69, 9.17) is 15.4 Å². The maximum atomic E-state index is 9.05. The first kappa shape index (κ1) is 7.94. The molecule has 60 valence electrons. The molecule has 4 heteroatoms. The van der Waals surface area contributed by atoms with Crippen molar-refractivity contribution in [1.82, 2.24) is 5.06 Å². The van der Waals surface area contributed by atoms with Gasteiger partial charge in [0.2, 0.25) is 5.91 Å². The molecule has 1 aliphatic rings. The quantitative estimate of drug-likeness (QED) is 0.418. The lowest BCUT2D eigenvalue weighted by Crippen LogP contribution is -2.45. The Morgan fingerprint density at radius 2 is 1.80 bits per heavy atom. The van der Waals surface area contributed by atoms with Gasteiger partial charge in [0.15, 0.2) is 0 Å².